The molecule has 2 heteroatoms. The minimum absolute atomic E-state index is 0.192. The Morgan fingerprint density at radius 1 is 0.952 bits per heavy atom. The smallest absolute Gasteiger partial charge is 0.121 e. The normalized spacial score (nSPS) is 13.0. The van der Waals surface area contributed by atoms with Crippen LogP contribution in [0.2, 0.25) is 0 Å². The van der Waals surface area contributed by atoms with Crippen LogP contribution in [0.1, 0.15) is 47.9 Å². The van der Waals surface area contributed by atoms with Crippen LogP contribution in [-0.4, -0.2) is 7.11 Å². The molecule has 0 aliphatic carbocycles. The summed E-state index contributed by atoms with van der Waals surface area (Å²) in [6.07, 6.45) is 0. The maximum atomic E-state index is 5.32. The van der Waals surface area contributed by atoms with Gasteiger partial charge in [-0.3, -0.25) is 0 Å². The Balaban J connectivity index is 2.27. The molecule has 0 saturated carbocycles. The zero-order valence-corrected chi connectivity index (χ0v) is 15.0. The molecule has 21 heavy (non-hydrogen) atoms. The van der Waals surface area contributed by atoms with Gasteiger partial charge < -0.3 is 4.74 Å². The van der Waals surface area contributed by atoms with Crippen LogP contribution in [0.3, 0.4) is 0 Å². The van der Waals surface area contributed by atoms with Crippen molar-refractivity contribution in [2.45, 2.75) is 37.9 Å². The van der Waals surface area contributed by atoms with Gasteiger partial charge in [-0.1, -0.05) is 73.1 Å². The fourth-order valence-electron chi connectivity index (χ4n) is 2.40. The number of aryl methyl sites for hydroxylation is 1. The molecule has 1 atom stereocenters. The third-order valence-corrected chi connectivity index (χ3v) is 4.84. The zero-order valence-electron chi connectivity index (χ0n) is 13.4. The second-order valence-electron chi connectivity index (χ2n) is 6.46. The van der Waals surface area contributed by atoms with Crippen LogP contribution >= 0.6 is 15.9 Å². The molecule has 2 aromatic carbocycles. The lowest BCUT2D eigenvalue weighted by atomic mass is 9.86. The van der Waals surface area contributed by atoms with Crippen molar-refractivity contribution in [1.82, 2.24) is 0 Å². The first-order chi connectivity index (χ1) is 9.82. The second-order valence-corrected chi connectivity index (χ2v) is 7.38. The lowest BCUT2D eigenvalue weighted by Crippen LogP contribution is -2.10. The van der Waals surface area contributed by atoms with Crippen molar-refractivity contribution < 1.29 is 4.74 Å². The van der Waals surface area contributed by atoms with Gasteiger partial charge in [0.1, 0.15) is 5.75 Å². The number of methoxy groups -OCH3 is 1. The van der Waals surface area contributed by atoms with Gasteiger partial charge in [-0.2, -0.15) is 0 Å². The third kappa shape index (κ3) is 3.68. The topological polar surface area (TPSA) is 9.23 Å². The van der Waals surface area contributed by atoms with Crippen molar-refractivity contribution in [3.8, 4) is 5.75 Å². The van der Waals surface area contributed by atoms with Gasteiger partial charge in [0.05, 0.1) is 11.9 Å². The van der Waals surface area contributed by atoms with E-state index < -0.39 is 0 Å². The SMILES string of the molecule is COc1ccc(C(Br)c2ccc(C(C)(C)C)cc2)cc1C. The third-order valence-electron chi connectivity index (χ3n) is 3.78. The van der Waals surface area contributed by atoms with Crippen LogP contribution in [0.4, 0.5) is 0 Å². The molecular formula is C19H23BrO. The van der Waals surface area contributed by atoms with Gasteiger partial charge in [-0.25, -0.2) is 0 Å². The number of benzene rings is 2. The highest BCUT2D eigenvalue weighted by Gasteiger charge is 2.16. The number of alkyl halides is 1. The molecule has 112 valence electrons. The van der Waals surface area contributed by atoms with Gasteiger partial charge in [0, 0.05) is 0 Å². The predicted molar refractivity (Wildman–Crippen MR) is 93.6 cm³/mol. The summed E-state index contributed by atoms with van der Waals surface area (Å²) in [7, 11) is 1.71. The largest absolute Gasteiger partial charge is 0.496 e. The summed E-state index contributed by atoms with van der Waals surface area (Å²) >= 11 is 3.81. The number of hydrogen-bond donors (Lipinski definition) is 0. The van der Waals surface area contributed by atoms with E-state index in [9.17, 15) is 0 Å². The van der Waals surface area contributed by atoms with Crippen LogP contribution in [0.25, 0.3) is 0 Å². The van der Waals surface area contributed by atoms with Gasteiger partial charge in [0.15, 0.2) is 0 Å². The number of halogens is 1. The van der Waals surface area contributed by atoms with Gasteiger partial charge in [-0.05, 0) is 40.7 Å². The summed E-state index contributed by atoms with van der Waals surface area (Å²) in [4.78, 5) is 0.205. The maximum absolute atomic E-state index is 5.32. The van der Waals surface area contributed by atoms with Crippen molar-refractivity contribution in [3.05, 3.63) is 64.7 Å². The van der Waals surface area contributed by atoms with Gasteiger partial charge in [-0.15, -0.1) is 0 Å². The molecule has 0 aliphatic rings. The molecule has 1 unspecified atom stereocenters. The number of hydrogen-bond acceptors (Lipinski definition) is 1. The van der Waals surface area contributed by atoms with Gasteiger partial charge in [0.25, 0.3) is 0 Å². The zero-order chi connectivity index (χ0) is 15.6. The average molecular weight is 347 g/mol. The van der Waals surface area contributed by atoms with E-state index in [1.165, 1.54) is 16.7 Å². The number of ether oxygens (including phenoxy) is 1. The molecule has 0 aliphatic heterocycles. The molecular weight excluding hydrogens is 324 g/mol. The van der Waals surface area contributed by atoms with Crippen molar-refractivity contribution in [2.24, 2.45) is 0 Å². The van der Waals surface area contributed by atoms with E-state index >= 15 is 0 Å². The fourth-order valence-corrected chi connectivity index (χ4v) is 2.99. The fraction of sp³-hybridized carbons (Fsp3) is 0.368. The number of rotatable bonds is 3. The first-order valence-electron chi connectivity index (χ1n) is 7.22. The minimum atomic E-state index is 0.192. The Labute approximate surface area is 136 Å². The highest BCUT2D eigenvalue weighted by molar-refractivity contribution is 9.09. The van der Waals surface area contributed by atoms with E-state index in [0.29, 0.717) is 0 Å². The van der Waals surface area contributed by atoms with E-state index in [1.54, 1.807) is 7.11 Å². The molecule has 1 nitrogen and oxygen atoms in total. The van der Waals surface area contributed by atoms with E-state index in [-0.39, 0.29) is 10.2 Å². The first-order valence-corrected chi connectivity index (χ1v) is 8.13. The average Bonchev–Trinajstić information content (AvgIpc) is 2.45. The van der Waals surface area contributed by atoms with E-state index in [1.807, 2.05) is 6.07 Å². The molecule has 0 saturated heterocycles. The summed E-state index contributed by atoms with van der Waals surface area (Å²) in [6.45, 7) is 8.78. The van der Waals surface area contributed by atoms with Crippen molar-refractivity contribution in [2.75, 3.05) is 7.11 Å². The van der Waals surface area contributed by atoms with Crippen molar-refractivity contribution in [3.63, 3.8) is 0 Å². The van der Waals surface area contributed by atoms with E-state index in [0.717, 1.165) is 11.3 Å². The predicted octanol–water partition coefficient (Wildman–Crippen LogP) is 5.79. The molecule has 0 radical (unpaired) electrons. The Morgan fingerprint density at radius 3 is 2.00 bits per heavy atom. The van der Waals surface area contributed by atoms with Crippen LogP contribution in [-0.2, 0) is 5.41 Å². The monoisotopic (exact) mass is 346 g/mol. The standard InChI is InChI=1S/C19H23BrO/c1-13-12-15(8-11-17(13)21-5)18(20)14-6-9-16(10-7-14)19(2,3)4/h6-12,18H,1-5H3. The summed E-state index contributed by atoms with van der Waals surface area (Å²) in [5.74, 6) is 0.932. The van der Waals surface area contributed by atoms with Crippen LogP contribution in [0, 0.1) is 6.92 Å². The molecule has 0 amide bonds. The van der Waals surface area contributed by atoms with E-state index in [2.05, 4.69) is 80.0 Å². The lowest BCUT2D eigenvalue weighted by molar-refractivity contribution is 0.411. The molecule has 2 aromatic rings. The van der Waals surface area contributed by atoms with Crippen molar-refractivity contribution in [1.29, 1.82) is 0 Å². The molecule has 0 N–H and O–H groups in total. The van der Waals surface area contributed by atoms with Crippen LogP contribution < -0.4 is 4.74 Å². The van der Waals surface area contributed by atoms with Crippen molar-refractivity contribution >= 4 is 15.9 Å². The van der Waals surface area contributed by atoms with Crippen LogP contribution in [0.5, 0.6) is 5.75 Å². The van der Waals surface area contributed by atoms with Gasteiger partial charge in [0.2, 0.25) is 0 Å². The lowest BCUT2D eigenvalue weighted by Gasteiger charge is -2.20. The Morgan fingerprint density at radius 2 is 1.52 bits per heavy atom. The molecule has 0 heterocycles. The maximum Gasteiger partial charge on any atom is 0.121 e. The highest BCUT2D eigenvalue weighted by atomic mass is 79.9. The Kier molecular flexibility index (Phi) is 4.77. The summed E-state index contributed by atoms with van der Waals surface area (Å²) in [6, 6.07) is 15.2. The van der Waals surface area contributed by atoms with E-state index in [4.69, 9.17) is 4.74 Å². The molecule has 0 fully saturated rings. The summed E-state index contributed by atoms with van der Waals surface area (Å²) in [5, 5.41) is 0. The quantitative estimate of drug-likeness (QED) is 0.639. The Bertz CT molecular complexity index is 608. The molecule has 0 bridgehead atoms. The highest BCUT2D eigenvalue weighted by Crippen LogP contribution is 2.34. The van der Waals surface area contributed by atoms with Gasteiger partial charge >= 0.3 is 0 Å². The molecule has 0 aromatic heterocycles. The first kappa shape index (κ1) is 16.1. The minimum Gasteiger partial charge on any atom is -0.496 e. The summed E-state index contributed by atoms with van der Waals surface area (Å²) in [5.41, 5.74) is 5.23. The molecule has 0 spiro atoms. The summed E-state index contributed by atoms with van der Waals surface area (Å²) < 4.78 is 5.32. The Hall–Kier alpha value is -1.28. The second kappa shape index (κ2) is 6.23. The molecule has 2 rings (SSSR count). The van der Waals surface area contributed by atoms with Crippen LogP contribution in [0.15, 0.2) is 42.5 Å².